The molecule has 8 heteroatoms. The fourth-order valence-electron chi connectivity index (χ4n) is 1.51. The number of methoxy groups -OCH3 is 1. The summed E-state index contributed by atoms with van der Waals surface area (Å²) in [4.78, 5) is 21.8. The van der Waals surface area contributed by atoms with E-state index in [2.05, 4.69) is 0 Å². The molecule has 0 atom stereocenters. The number of hydrogen-bond acceptors (Lipinski definition) is 7. The van der Waals surface area contributed by atoms with Gasteiger partial charge in [0.15, 0.2) is 0 Å². The number of nitrogens with two attached hydrogens (primary N) is 1. The van der Waals surface area contributed by atoms with Crippen molar-refractivity contribution in [1.82, 2.24) is 0 Å². The highest BCUT2D eigenvalue weighted by atomic mass is 16.6. The van der Waals surface area contributed by atoms with Gasteiger partial charge in [0, 0.05) is 26.4 Å². The van der Waals surface area contributed by atoms with Gasteiger partial charge in [0.25, 0.3) is 5.69 Å². The first-order chi connectivity index (χ1) is 10.1. The summed E-state index contributed by atoms with van der Waals surface area (Å²) in [6.45, 7) is 1.45. The van der Waals surface area contributed by atoms with Crippen molar-refractivity contribution < 1.29 is 23.9 Å². The summed E-state index contributed by atoms with van der Waals surface area (Å²) < 4.78 is 15.0. The standard InChI is InChI=1S/C13H18N2O6/c1-19-5-2-6-20-7-8-21-13(16)10-3-4-11(14)12(9-10)15(17)18/h3-4,9H,2,5-8,14H2,1H3. The number of carbonyl (C=O) groups is 1. The van der Waals surface area contributed by atoms with E-state index >= 15 is 0 Å². The molecular formula is C13H18N2O6. The van der Waals surface area contributed by atoms with Crippen LogP contribution in [-0.4, -0.2) is 44.4 Å². The van der Waals surface area contributed by atoms with E-state index in [1.807, 2.05) is 0 Å². The molecule has 116 valence electrons. The Hall–Kier alpha value is -2.19. The first-order valence-electron chi connectivity index (χ1n) is 6.34. The molecule has 0 heterocycles. The van der Waals surface area contributed by atoms with Crippen LogP contribution in [0, 0.1) is 10.1 Å². The van der Waals surface area contributed by atoms with Crippen LogP contribution in [0.5, 0.6) is 0 Å². The van der Waals surface area contributed by atoms with Crippen LogP contribution in [-0.2, 0) is 14.2 Å². The monoisotopic (exact) mass is 298 g/mol. The predicted molar refractivity (Wildman–Crippen MR) is 75.1 cm³/mol. The predicted octanol–water partition coefficient (Wildman–Crippen LogP) is 1.39. The molecule has 2 N–H and O–H groups in total. The minimum Gasteiger partial charge on any atom is -0.460 e. The van der Waals surface area contributed by atoms with Gasteiger partial charge < -0.3 is 19.9 Å². The van der Waals surface area contributed by atoms with E-state index < -0.39 is 10.9 Å². The molecule has 1 rings (SSSR count). The smallest absolute Gasteiger partial charge is 0.338 e. The number of nitrogen functional groups attached to an aromatic ring is 1. The number of nitrogens with zero attached hydrogens (tertiary/aromatic N) is 1. The molecule has 0 aliphatic rings. The number of nitro groups is 1. The Balaban J connectivity index is 2.39. The van der Waals surface area contributed by atoms with Crippen molar-refractivity contribution in [2.45, 2.75) is 6.42 Å². The Morgan fingerprint density at radius 3 is 2.71 bits per heavy atom. The number of nitro benzene ring substituents is 1. The summed E-state index contributed by atoms with van der Waals surface area (Å²) in [6.07, 6.45) is 0.759. The third kappa shape index (κ3) is 5.76. The molecule has 1 aromatic carbocycles. The molecular weight excluding hydrogens is 280 g/mol. The minimum absolute atomic E-state index is 0.00183. The topological polar surface area (TPSA) is 114 Å². The van der Waals surface area contributed by atoms with Gasteiger partial charge in [0.2, 0.25) is 0 Å². The Kier molecular flexibility index (Phi) is 7.13. The Morgan fingerprint density at radius 1 is 1.29 bits per heavy atom. The first-order valence-corrected chi connectivity index (χ1v) is 6.34. The van der Waals surface area contributed by atoms with Gasteiger partial charge in [0.05, 0.1) is 17.1 Å². The van der Waals surface area contributed by atoms with Crippen molar-refractivity contribution in [2.75, 3.05) is 39.3 Å². The van der Waals surface area contributed by atoms with Gasteiger partial charge in [-0.15, -0.1) is 0 Å². The van der Waals surface area contributed by atoms with Gasteiger partial charge in [0.1, 0.15) is 12.3 Å². The number of ether oxygens (including phenoxy) is 3. The number of benzene rings is 1. The van der Waals surface area contributed by atoms with E-state index in [1.54, 1.807) is 7.11 Å². The normalized spacial score (nSPS) is 10.3. The second-order valence-corrected chi connectivity index (χ2v) is 4.13. The molecule has 0 saturated carbocycles. The zero-order valence-electron chi connectivity index (χ0n) is 11.7. The molecule has 0 radical (unpaired) electrons. The summed E-state index contributed by atoms with van der Waals surface area (Å²) >= 11 is 0. The van der Waals surface area contributed by atoms with Crippen LogP contribution in [0.2, 0.25) is 0 Å². The van der Waals surface area contributed by atoms with Crippen LogP contribution in [0.1, 0.15) is 16.8 Å². The quantitative estimate of drug-likeness (QED) is 0.241. The van der Waals surface area contributed by atoms with Gasteiger partial charge in [-0.2, -0.15) is 0 Å². The van der Waals surface area contributed by atoms with Crippen molar-refractivity contribution in [1.29, 1.82) is 0 Å². The van der Waals surface area contributed by atoms with Gasteiger partial charge in [-0.1, -0.05) is 0 Å². The minimum atomic E-state index is -0.654. The summed E-state index contributed by atoms with van der Waals surface area (Å²) in [5.74, 6) is -0.654. The molecule has 21 heavy (non-hydrogen) atoms. The number of carbonyl (C=O) groups excluding carboxylic acids is 1. The SMILES string of the molecule is COCCCOCCOC(=O)c1ccc(N)c([N+](=O)[O-])c1. The van der Waals surface area contributed by atoms with Gasteiger partial charge in [-0.05, 0) is 18.6 Å². The largest absolute Gasteiger partial charge is 0.460 e. The number of rotatable bonds is 9. The van der Waals surface area contributed by atoms with Crippen LogP contribution in [0.3, 0.4) is 0 Å². The zero-order chi connectivity index (χ0) is 15.7. The summed E-state index contributed by atoms with van der Waals surface area (Å²) in [6, 6.07) is 3.77. The number of anilines is 1. The van der Waals surface area contributed by atoms with Crippen LogP contribution in [0.15, 0.2) is 18.2 Å². The molecule has 0 fully saturated rings. The van der Waals surface area contributed by atoms with Crippen LogP contribution in [0.4, 0.5) is 11.4 Å². The lowest BCUT2D eigenvalue weighted by molar-refractivity contribution is -0.383. The molecule has 0 saturated heterocycles. The van der Waals surface area contributed by atoms with Gasteiger partial charge in [-0.3, -0.25) is 10.1 Å². The van der Waals surface area contributed by atoms with E-state index in [0.29, 0.717) is 13.2 Å². The van der Waals surface area contributed by atoms with Gasteiger partial charge >= 0.3 is 5.97 Å². The molecule has 1 aromatic rings. The summed E-state index contributed by atoms with van der Waals surface area (Å²) in [5.41, 5.74) is 5.20. The van der Waals surface area contributed by atoms with E-state index in [9.17, 15) is 14.9 Å². The number of esters is 1. The lowest BCUT2D eigenvalue weighted by Crippen LogP contribution is -2.12. The van der Waals surface area contributed by atoms with Crippen molar-refractivity contribution in [3.05, 3.63) is 33.9 Å². The second kappa shape index (κ2) is 8.88. The lowest BCUT2D eigenvalue weighted by Gasteiger charge is -2.06. The van der Waals surface area contributed by atoms with Crippen LogP contribution < -0.4 is 5.73 Å². The molecule has 0 unspecified atom stereocenters. The van der Waals surface area contributed by atoms with E-state index in [4.69, 9.17) is 19.9 Å². The fourth-order valence-corrected chi connectivity index (χ4v) is 1.51. The zero-order valence-corrected chi connectivity index (χ0v) is 11.7. The van der Waals surface area contributed by atoms with Crippen molar-refractivity contribution in [3.8, 4) is 0 Å². The van der Waals surface area contributed by atoms with Crippen molar-refractivity contribution in [3.63, 3.8) is 0 Å². The highest BCUT2D eigenvalue weighted by Gasteiger charge is 2.16. The molecule has 0 bridgehead atoms. The van der Waals surface area contributed by atoms with Crippen LogP contribution in [0.25, 0.3) is 0 Å². The average molecular weight is 298 g/mol. The first kappa shape index (κ1) is 16.9. The maximum Gasteiger partial charge on any atom is 0.338 e. The molecule has 0 aliphatic carbocycles. The van der Waals surface area contributed by atoms with Crippen molar-refractivity contribution in [2.24, 2.45) is 0 Å². The molecule has 0 amide bonds. The Labute approximate surface area is 121 Å². The summed E-state index contributed by atoms with van der Waals surface area (Å²) in [5, 5.41) is 10.7. The van der Waals surface area contributed by atoms with E-state index in [-0.39, 0.29) is 30.2 Å². The lowest BCUT2D eigenvalue weighted by atomic mass is 10.2. The third-order valence-corrected chi connectivity index (χ3v) is 2.56. The second-order valence-electron chi connectivity index (χ2n) is 4.13. The van der Waals surface area contributed by atoms with Gasteiger partial charge in [-0.25, -0.2) is 4.79 Å². The maximum atomic E-state index is 11.7. The molecule has 8 nitrogen and oxygen atoms in total. The van der Waals surface area contributed by atoms with Crippen LogP contribution >= 0.6 is 0 Å². The average Bonchev–Trinajstić information content (AvgIpc) is 2.46. The van der Waals surface area contributed by atoms with E-state index in [1.165, 1.54) is 12.1 Å². The third-order valence-electron chi connectivity index (χ3n) is 2.56. The van der Waals surface area contributed by atoms with E-state index in [0.717, 1.165) is 12.5 Å². The molecule has 0 aliphatic heterocycles. The number of hydrogen-bond donors (Lipinski definition) is 1. The van der Waals surface area contributed by atoms with Crippen molar-refractivity contribution >= 4 is 17.3 Å². The highest BCUT2D eigenvalue weighted by Crippen LogP contribution is 2.22. The molecule has 0 spiro atoms. The summed E-state index contributed by atoms with van der Waals surface area (Å²) in [7, 11) is 1.60. The highest BCUT2D eigenvalue weighted by molar-refractivity contribution is 5.91. The fraction of sp³-hybridized carbons (Fsp3) is 0.462. The Morgan fingerprint density at radius 2 is 2.05 bits per heavy atom. The Bertz CT molecular complexity index is 492. The maximum absolute atomic E-state index is 11.7. The molecule has 0 aromatic heterocycles.